The van der Waals surface area contributed by atoms with E-state index in [1.54, 1.807) is 4.90 Å². The van der Waals surface area contributed by atoms with Crippen LogP contribution in [0.5, 0.6) is 0 Å². The highest BCUT2D eigenvalue weighted by Crippen LogP contribution is 2.15. The smallest absolute Gasteiger partial charge is 0.239 e. The van der Waals surface area contributed by atoms with E-state index in [1.165, 1.54) is 5.69 Å². The third-order valence-corrected chi connectivity index (χ3v) is 5.16. The number of nitrogens with zero attached hydrogens (tertiary/aromatic N) is 3. The summed E-state index contributed by atoms with van der Waals surface area (Å²) in [7, 11) is 1.87. The van der Waals surface area contributed by atoms with E-state index in [1.807, 2.05) is 14.0 Å². The second kappa shape index (κ2) is 9.04. The van der Waals surface area contributed by atoms with Crippen LogP contribution in [-0.4, -0.2) is 68.1 Å². The molecule has 0 saturated carbocycles. The van der Waals surface area contributed by atoms with Gasteiger partial charge in [-0.3, -0.25) is 9.69 Å². The van der Waals surface area contributed by atoms with E-state index in [0.717, 1.165) is 45.7 Å². The normalized spacial score (nSPS) is 18.2. The van der Waals surface area contributed by atoms with Crippen LogP contribution >= 0.6 is 0 Å². The summed E-state index contributed by atoms with van der Waals surface area (Å²) in [5, 5.41) is 0. The Balaban J connectivity index is 1.73. The van der Waals surface area contributed by atoms with E-state index in [4.69, 9.17) is 5.73 Å². The monoisotopic (exact) mass is 332 g/mol. The molecule has 0 radical (unpaired) electrons. The van der Waals surface area contributed by atoms with Crippen molar-refractivity contribution in [1.82, 2.24) is 9.80 Å². The van der Waals surface area contributed by atoms with Crippen molar-refractivity contribution in [3.05, 3.63) is 30.3 Å². The fraction of sp³-hybridized carbons (Fsp3) is 0.632. The zero-order chi connectivity index (χ0) is 17.5. The first kappa shape index (κ1) is 18.7. The van der Waals surface area contributed by atoms with Crippen molar-refractivity contribution in [1.29, 1.82) is 0 Å². The number of benzene rings is 1. The quantitative estimate of drug-likeness (QED) is 0.825. The van der Waals surface area contributed by atoms with E-state index in [9.17, 15) is 4.79 Å². The molecule has 24 heavy (non-hydrogen) atoms. The number of likely N-dealkylation sites (N-methyl/N-ethyl adjacent to an activating group) is 1. The fourth-order valence-corrected chi connectivity index (χ4v) is 3.02. The average Bonchev–Trinajstić information content (AvgIpc) is 2.65. The highest BCUT2D eigenvalue weighted by molar-refractivity contribution is 5.81. The van der Waals surface area contributed by atoms with Crippen molar-refractivity contribution in [2.24, 2.45) is 11.7 Å². The van der Waals surface area contributed by atoms with Crippen molar-refractivity contribution in [3.63, 3.8) is 0 Å². The second-order valence-electron chi connectivity index (χ2n) is 6.84. The number of amides is 1. The Kier molecular flexibility index (Phi) is 7.06. The number of carbonyl (C=O) groups excluding carboxylic acids is 1. The van der Waals surface area contributed by atoms with Crippen LogP contribution in [0.2, 0.25) is 0 Å². The molecule has 0 aliphatic carbocycles. The summed E-state index contributed by atoms with van der Waals surface area (Å²) in [5.74, 6) is 0.293. The Morgan fingerprint density at radius 2 is 1.83 bits per heavy atom. The number of anilines is 1. The third-order valence-electron chi connectivity index (χ3n) is 5.16. The summed E-state index contributed by atoms with van der Waals surface area (Å²) in [6.07, 6.45) is 0.933. The van der Waals surface area contributed by atoms with Crippen molar-refractivity contribution in [3.8, 4) is 0 Å². The average molecular weight is 332 g/mol. The molecule has 5 heteroatoms. The molecule has 2 rings (SSSR count). The number of para-hydroxylation sites is 1. The molecule has 1 saturated heterocycles. The lowest BCUT2D eigenvalue weighted by molar-refractivity contribution is -0.132. The van der Waals surface area contributed by atoms with Gasteiger partial charge in [-0.25, -0.2) is 0 Å². The minimum Gasteiger partial charge on any atom is -0.369 e. The molecule has 2 atom stereocenters. The maximum Gasteiger partial charge on any atom is 0.239 e. The lowest BCUT2D eigenvalue weighted by atomic mass is 9.99. The molecular formula is C19H32N4O. The summed E-state index contributed by atoms with van der Waals surface area (Å²) in [5.41, 5.74) is 7.35. The number of hydrogen-bond acceptors (Lipinski definition) is 4. The number of hydrogen-bond donors (Lipinski definition) is 1. The largest absolute Gasteiger partial charge is 0.369 e. The molecular weight excluding hydrogens is 300 g/mol. The molecule has 2 unspecified atom stereocenters. The van der Waals surface area contributed by atoms with Crippen molar-refractivity contribution >= 4 is 11.6 Å². The minimum atomic E-state index is -0.380. The Morgan fingerprint density at radius 3 is 2.42 bits per heavy atom. The van der Waals surface area contributed by atoms with Crippen LogP contribution in [0.3, 0.4) is 0 Å². The van der Waals surface area contributed by atoms with Crippen LogP contribution in [-0.2, 0) is 4.79 Å². The van der Waals surface area contributed by atoms with Crippen LogP contribution in [0.25, 0.3) is 0 Å². The Morgan fingerprint density at radius 1 is 1.21 bits per heavy atom. The first-order valence-corrected chi connectivity index (χ1v) is 9.05. The third kappa shape index (κ3) is 4.95. The fourth-order valence-electron chi connectivity index (χ4n) is 3.02. The van der Waals surface area contributed by atoms with Gasteiger partial charge in [-0.05, 0) is 18.1 Å². The van der Waals surface area contributed by atoms with Gasteiger partial charge in [-0.2, -0.15) is 0 Å². The molecule has 1 heterocycles. The lowest BCUT2D eigenvalue weighted by Gasteiger charge is -2.37. The number of rotatable bonds is 7. The van der Waals surface area contributed by atoms with E-state index >= 15 is 0 Å². The van der Waals surface area contributed by atoms with Crippen LogP contribution in [0.4, 0.5) is 5.69 Å². The van der Waals surface area contributed by atoms with E-state index in [-0.39, 0.29) is 17.9 Å². The summed E-state index contributed by atoms with van der Waals surface area (Å²) in [4.78, 5) is 19.0. The SMILES string of the molecule is CCC(C)C(N)C(=O)N(C)CCN1CCN(c2ccccc2)CC1. The van der Waals surface area contributed by atoms with Crippen LogP contribution in [0.15, 0.2) is 30.3 Å². The molecule has 0 bridgehead atoms. The van der Waals surface area contributed by atoms with Gasteiger partial charge >= 0.3 is 0 Å². The molecule has 1 fully saturated rings. The number of nitrogens with two attached hydrogens (primary N) is 1. The first-order chi connectivity index (χ1) is 11.5. The maximum atomic E-state index is 12.3. The van der Waals surface area contributed by atoms with E-state index in [0.29, 0.717) is 0 Å². The zero-order valence-electron chi connectivity index (χ0n) is 15.3. The van der Waals surface area contributed by atoms with E-state index in [2.05, 4.69) is 47.1 Å². The molecule has 1 aliphatic rings. The highest BCUT2D eigenvalue weighted by atomic mass is 16.2. The second-order valence-corrected chi connectivity index (χ2v) is 6.84. The van der Waals surface area contributed by atoms with Gasteiger partial charge in [0.1, 0.15) is 0 Å². The number of carbonyl (C=O) groups is 1. The standard InChI is InChI=1S/C19H32N4O/c1-4-16(2)18(20)19(24)21(3)10-11-22-12-14-23(15-13-22)17-8-6-5-7-9-17/h5-9,16,18H,4,10-15,20H2,1-3H3. The highest BCUT2D eigenvalue weighted by Gasteiger charge is 2.23. The van der Waals surface area contributed by atoms with Gasteiger partial charge in [0.2, 0.25) is 5.91 Å². The Hall–Kier alpha value is -1.59. The molecule has 1 aromatic rings. The van der Waals surface area contributed by atoms with Gasteiger partial charge in [-0.15, -0.1) is 0 Å². The summed E-state index contributed by atoms with van der Waals surface area (Å²) >= 11 is 0. The zero-order valence-corrected chi connectivity index (χ0v) is 15.3. The predicted octanol–water partition coefficient (Wildman–Crippen LogP) is 1.64. The van der Waals surface area contributed by atoms with E-state index < -0.39 is 0 Å². The van der Waals surface area contributed by atoms with Crippen molar-refractivity contribution < 1.29 is 4.79 Å². The van der Waals surface area contributed by atoms with Crippen molar-refractivity contribution in [2.75, 3.05) is 51.2 Å². The van der Waals surface area contributed by atoms with Gasteiger partial charge in [0.05, 0.1) is 6.04 Å². The molecule has 2 N–H and O–H groups in total. The topological polar surface area (TPSA) is 52.8 Å². The molecule has 5 nitrogen and oxygen atoms in total. The lowest BCUT2D eigenvalue weighted by Crippen LogP contribution is -2.50. The Bertz CT molecular complexity index is 499. The Labute approximate surface area is 146 Å². The maximum absolute atomic E-state index is 12.3. The van der Waals surface area contributed by atoms with Crippen molar-refractivity contribution in [2.45, 2.75) is 26.3 Å². The summed E-state index contributed by atoms with van der Waals surface area (Å²) < 4.78 is 0. The van der Waals surface area contributed by atoms with Crippen LogP contribution in [0, 0.1) is 5.92 Å². The molecule has 0 spiro atoms. The molecule has 1 amide bonds. The summed E-state index contributed by atoms with van der Waals surface area (Å²) in [6, 6.07) is 10.2. The van der Waals surface area contributed by atoms with Gasteiger partial charge in [0.15, 0.2) is 0 Å². The van der Waals surface area contributed by atoms with Gasteiger partial charge in [0, 0.05) is 52.0 Å². The minimum absolute atomic E-state index is 0.0623. The molecule has 1 aliphatic heterocycles. The summed E-state index contributed by atoms with van der Waals surface area (Å²) in [6.45, 7) is 9.92. The molecule has 134 valence electrons. The van der Waals surface area contributed by atoms with Crippen LogP contribution < -0.4 is 10.6 Å². The van der Waals surface area contributed by atoms with Crippen LogP contribution in [0.1, 0.15) is 20.3 Å². The number of piperazine rings is 1. The molecule has 1 aromatic carbocycles. The predicted molar refractivity (Wildman–Crippen MR) is 100 cm³/mol. The first-order valence-electron chi connectivity index (χ1n) is 9.05. The van der Waals surface area contributed by atoms with Gasteiger partial charge < -0.3 is 15.5 Å². The van der Waals surface area contributed by atoms with Gasteiger partial charge in [0.25, 0.3) is 0 Å². The molecule has 0 aromatic heterocycles. The van der Waals surface area contributed by atoms with Gasteiger partial charge in [-0.1, -0.05) is 38.5 Å².